The third-order valence-electron chi connectivity index (χ3n) is 5.22. The van der Waals surface area contributed by atoms with Crippen LogP contribution >= 0.6 is 0 Å². The number of esters is 1. The first-order valence-electron chi connectivity index (χ1n) is 9.87. The van der Waals surface area contributed by atoms with Crippen molar-refractivity contribution in [2.45, 2.75) is 30.7 Å². The van der Waals surface area contributed by atoms with Gasteiger partial charge in [-0.15, -0.1) is 0 Å². The van der Waals surface area contributed by atoms with Crippen molar-refractivity contribution in [3.63, 3.8) is 0 Å². The summed E-state index contributed by atoms with van der Waals surface area (Å²) >= 11 is 0. The molecule has 4 rings (SSSR count). The number of benzene rings is 1. The summed E-state index contributed by atoms with van der Waals surface area (Å²) in [5, 5.41) is 2.76. The van der Waals surface area contributed by atoms with Crippen LogP contribution < -0.4 is 14.8 Å². The fourth-order valence-corrected chi connectivity index (χ4v) is 5.44. The van der Waals surface area contributed by atoms with Crippen LogP contribution in [0.2, 0.25) is 0 Å². The van der Waals surface area contributed by atoms with Gasteiger partial charge in [0.05, 0.1) is 6.61 Å². The Kier molecular flexibility index (Phi) is 5.63. The van der Waals surface area contributed by atoms with Gasteiger partial charge >= 0.3 is 5.97 Å². The van der Waals surface area contributed by atoms with E-state index >= 15 is 0 Å². The van der Waals surface area contributed by atoms with E-state index in [4.69, 9.17) is 14.2 Å². The Morgan fingerprint density at radius 2 is 2.00 bits per heavy atom. The number of carbonyl (C=O) groups is 2. The molecule has 0 spiro atoms. The van der Waals surface area contributed by atoms with Gasteiger partial charge in [0.1, 0.15) is 16.6 Å². The molecule has 2 aliphatic heterocycles. The van der Waals surface area contributed by atoms with Crippen molar-refractivity contribution in [3.8, 4) is 11.5 Å². The first kappa shape index (κ1) is 21.2. The summed E-state index contributed by atoms with van der Waals surface area (Å²) in [4.78, 5) is 24.9. The molecule has 1 atom stereocenters. The van der Waals surface area contributed by atoms with Gasteiger partial charge in [-0.1, -0.05) is 0 Å². The number of hydrogen-bond acceptors (Lipinski definition) is 7. The number of sulfonamides is 1. The Labute approximate surface area is 179 Å². The normalized spacial score (nSPS) is 18.2. The summed E-state index contributed by atoms with van der Waals surface area (Å²) in [5.41, 5.74) is 0.615. The number of fused-ring (bicyclic) bond motifs is 1. The Morgan fingerprint density at radius 1 is 1.23 bits per heavy atom. The molecular formula is C20H23N3O7S. The molecular weight excluding hydrogens is 426 g/mol. The third-order valence-corrected chi connectivity index (χ3v) is 7.09. The number of nitrogens with one attached hydrogen (secondary N) is 1. The van der Waals surface area contributed by atoms with Crippen LogP contribution in [0.15, 0.2) is 35.4 Å². The van der Waals surface area contributed by atoms with E-state index in [1.165, 1.54) is 21.1 Å². The molecule has 1 saturated heterocycles. The molecule has 31 heavy (non-hydrogen) atoms. The maximum Gasteiger partial charge on any atom is 0.354 e. The number of carbonyl (C=O) groups excluding carboxylic acids is 2. The molecule has 1 aromatic carbocycles. The minimum absolute atomic E-state index is 0.0548. The molecule has 2 aromatic rings. The van der Waals surface area contributed by atoms with Crippen molar-refractivity contribution in [3.05, 3.63) is 36.2 Å². The molecule has 1 amide bonds. The SMILES string of the molecule is CCOC(=O)c1cc(S(=O)(=O)N2CCC[C@@H]2C(=O)Nc2ccc3c(c2)OCO3)cn1C. The third kappa shape index (κ3) is 3.98. The van der Waals surface area contributed by atoms with Gasteiger partial charge in [0.15, 0.2) is 11.5 Å². The zero-order valence-electron chi connectivity index (χ0n) is 17.2. The van der Waals surface area contributed by atoms with E-state index in [0.717, 1.165) is 0 Å². The fraction of sp³-hybridized carbons (Fsp3) is 0.400. The van der Waals surface area contributed by atoms with E-state index in [1.807, 2.05) is 0 Å². The predicted octanol–water partition coefficient (Wildman–Crippen LogP) is 1.72. The van der Waals surface area contributed by atoms with Gasteiger partial charge in [-0.2, -0.15) is 4.31 Å². The van der Waals surface area contributed by atoms with Gasteiger partial charge in [-0.25, -0.2) is 13.2 Å². The summed E-state index contributed by atoms with van der Waals surface area (Å²) in [5.74, 6) is 0.0699. The summed E-state index contributed by atoms with van der Waals surface area (Å²) in [6, 6.07) is 5.40. The van der Waals surface area contributed by atoms with E-state index < -0.39 is 27.9 Å². The summed E-state index contributed by atoms with van der Waals surface area (Å²) in [7, 11) is -2.42. The molecule has 0 aliphatic carbocycles. The number of anilines is 1. The van der Waals surface area contributed by atoms with Gasteiger partial charge < -0.3 is 24.1 Å². The standard InChI is InChI=1S/C20H23N3O7S/c1-3-28-20(25)16-10-14(11-22(16)2)31(26,27)23-8-4-5-15(23)19(24)21-13-6-7-17-18(9-13)30-12-29-17/h6-7,9-11,15H,3-5,8,12H2,1-2H3,(H,21,24)/t15-/m1/s1. The van der Waals surface area contributed by atoms with Crippen molar-refractivity contribution >= 4 is 27.6 Å². The second-order valence-electron chi connectivity index (χ2n) is 7.22. The molecule has 2 aliphatic rings. The van der Waals surface area contributed by atoms with Crippen molar-refractivity contribution in [2.75, 3.05) is 25.3 Å². The van der Waals surface area contributed by atoms with Gasteiger partial charge in [-0.05, 0) is 38.0 Å². The van der Waals surface area contributed by atoms with Crippen LogP contribution in [0, 0.1) is 0 Å². The van der Waals surface area contributed by atoms with Crippen LogP contribution in [0.1, 0.15) is 30.3 Å². The number of rotatable bonds is 6. The van der Waals surface area contributed by atoms with Crippen LogP contribution in [-0.2, 0) is 26.6 Å². The molecule has 0 radical (unpaired) electrons. The van der Waals surface area contributed by atoms with Gasteiger partial charge in [0.2, 0.25) is 22.7 Å². The van der Waals surface area contributed by atoms with Crippen molar-refractivity contribution < 1.29 is 32.2 Å². The Morgan fingerprint density at radius 3 is 2.77 bits per heavy atom. The number of ether oxygens (including phenoxy) is 3. The highest BCUT2D eigenvalue weighted by molar-refractivity contribution is 7.89. The predicted molar refractivity (Wildman–Crippen MR) is 109 cm³/mol. The van der Waals surface area contributed by atoms with Crippen LogP contribution in [0.4, 0.5) is 5.69 Å². The number of aryl methyl sites for hydroxylation is 1. The van der Waals surface area contributed by atoms with E-state index in [9.17, 15) is 18.0 Å². The minimum atomic E-state index is -3.99. The molecule has 11 heteroatoms. The van der Waals surface area contributed by atoms with E-state index in [-0.39, 0.29) is 30.5 Å². The molecule has 0 bridgehead atoms. The zero-order valence-corrected chi connectivity index (χ0v) is 18.0. The molecule has 0 saturated carbocycles. The molecule has 166 valence electrons. The number of aromatic nitrogens is 1. The molecule has 1 fully saturated rings. The highest BCUT2D eigenvalue weighted by Gasteiger charge is 2.40. The maximum absolute atomic E-state index is 13.2. The average Bonchev–Trinajstić information content (AvgIpc) is 3.47. The van der Waals surface area contributed by atoms with Crippen molar-refractivity contribution in [1.29, 1.82) is 0 Å². The summed E-state index contributed by atoms with van der Waals surface area (Å²) < 4.78 is 44.6. The van der Waals surface area contributed by atoms with Gasteiger partial charge in [0, 0.05) is 31.5 Å². The fourth-order valence-electron chi connectivity index (χ4n) is 3.71. The van der Waals surface area contributed by atoms with Crippen molar-refractivity contribution in [2.24, 2.45) is 7.05 Å². The quantitative estimate of drug-likeness (QED) is 0.668. The van der Waals surface area contributed by atoms with Gasteiger partial charge in [0.25, 0.3) is 0 Å². The molecule has 3 heterocycles. The van der Waals surface area contributed by atoms with E-state index in [0.29, 0.717) is 30.0 Å². The Balaban J connectivity index is 1.54. The monoisotopic (exact) mass is 449 g/mol. The lowest BCUT2D eigenvalue weighted by molar-refractivity contribution is -0.119. The first-order chi connectivity index (χ1) is 14.8. The number of nitrogens with zero attached hydrogens (tertiary/aromatic N) is 2. The summed E-state index contributed by atoms with van der Waals surface area (Å²) in [6.07, 6.45) is 2.30. The highest BCUT2D eigenvalue weighted by atomic mass is 32.2. The molecule has 10 nitrogen and oxygen atoms in total. The van der Waals surface area contributed by atoms with Crippen LogP contribution in [0.3, 0.4) is 0 Å². The highest BCUT2D eigenvalue weighted by Crippen LogP contribution is 2.35. The van der Waals surface area contributed by atoms with Crippen LogP contribution in [0.5, 0.6) is 11.5 Å². The largest absolute Gasteiger partial charge is 0.461 e. The Bertz CT molecular complexity index is 1130. The van der Waals surface area contributed by atoms with Crippen molar-refractivity contribution in [1.82, 2.24) is 8.87 Å². The van der Waals surface area contributed by atoms with Crippen LogP contribution in [0.25, 0.3) is 0 Å². The molecule has 1 aromatic heterocycles. The first-order valence-corrected chi connectivity index (χ1v) is 11.3. The molecule has 0 unspecified atom stereocenters. The smallest absolute Gasteiger partial charge is 0.354 e. The lowest BCUT2D eigenvalue weighted by Gasteiger charge is -2.23. The van der Waals surface area contributed by atoms with E-state index in [2.05, 4.69) is 5.32 Å². The topological polar surface area (TPSA) is 116 Å². The second kappa shape index (κ2) is 8.23. The Hall–Kier alpha value is -3.05. The maximum atomic E-state index is 13.2. The lowest BCUT2D eigenvalue weighted by atomic mass is 10.2. The summed E-state index contributed by atoms with van der Waals surface area (Å²) in [6.45, 7) is 2.18. The van der Waals surface area contributed by atoms with Crippen LogP contribution in [-0.4, -0.2) is 55.2 Å². The van der Waals surface area contributed by atoms with E-state index in [1.54, 1.807) is 32.2 Å². The lowest BCUT2D eigenvalue weighted by Crippen LogP contribution is -2.43. The molecule has 1 N–H and O–H groups in total. The number of amides is 1. The second-order valence-corrected chi connectivity index (χ2v) is 9.11. The zero-order chi connectivity index (χ0) is 22.2. The van der Waals surface area contributed by atoms with Gasteiger partial charge in [-0.3, -0.25) is 4.79 Å². The average molecular weight is 449 g/mol. The number of hydrogen-bond donors (Lipinski definition) is 1. The minimum Gasteiger partial charge on any atom is -0.461 e.